The molecule has 2 saturated heterocycles. The van der Waals surface area contributed by atoms with Gasteiger partial charge in [-0.15, -0.1) is 11.8 Å². The first-order valence-corrected chi connectivity index (χ1v) is 8.44. The summed E-state index contributed by atoms with van der Waals surface area (Å²) >= 11 is 1.34. The quantitative estimate of drug-likeness (QED) is 0.412. The molecule has 0 spiro atoms. The van der Waals surface area contributed by atoms with Crippen molar-refractivity contribution >= 4 is 29.5 Å². The Morgan fingerprint density at radius 1 is 1.32 bits per heavy atom. The van der Waals surface area contributed by atoms with Crippen molar-refractivity contribution in [1.82, 2.24) is 10.2 Å². The minimum Gasteiger partial charge on any atom is -0.548 e. The van der Waals surface area contributed by atoms with Crippen LogP contribution in [0.1, 0.15) is 25.5 Å². The van der Waals surface area contributed by atoms with E-state index in [-0.39, 0.29) is 29.6 Å². The summed E-state index contributed by atoms with van der Waals surface area (Å²) in [5, 5.41) is 13.6. The third-order valence-corrected chi connectivity index (χ3v) is 5.97. The van der Waals surface area contributed by atoms with Gasteiger partial charge in [-0.1, -0.05) is 30.3 Å². The fourth-order valence-corrected chi connectivity index (χ4v) is 4.80. The Hall–Kier alpha value is -1.06. The molecule has 9 heteroatoms. The number of benzene rings is 1. The summed E-state index contributed by atoms with van der Waals surface area (Å²) in [6.07, 6.45) is 0. The number of carbonyl (C=O) groups excluding carboxylic acids is 3. The molecular formula is C16H18N3NaO4S. The number of aliphatic carboxylic acids is 1. The van der Waals surface area contributed by atoms with Gasteiger partial charge in [-0.3, -0.25) is 9.59 Å². The smallest absolute Gasteiger partial charge is 0.548 e. The SMILES string of the molecule is CC1(C)SC2[C@@H](NC(=O)C(N)c3ccccc3)C(=O)N2C1C(=O)[O-].[Na+]. The van der Waals surface area contributed by atoms with E-state index in [9.17, 15) is 19.5 Å². The van der Waals surface area contributed by atoms with E-state index in [1.54, 1.807) is 38.1 Å². The summed E-state index contributed by atoms with van der Waals surface area (Å²) in [5.41, 5.74) is 6.57. The predicted molar refractivity (Wildman–Crippen MR) is 86.4 cm³/mol. The normalized spacial score (nSPS) is 27.6. The van der Waals surface area contributed by atoms with Crippen molar-refractivity contribution in [3.05, 3.63) is 35.9 Å². The number of thioether (sulfide) groups is 1. The van der Waals surface area contributed by atoms with Crippen LogP contribution in [0, 0.1) is 0 Å². The molecule has 2 aliphatic heterocycles. The second-order valence-electron chi connectivity index (χ2n) is 6.45. The van der Waals surface area contributed by atoms with E-state index in [1.807, 2.05) is 6.07 Å². The number of fused-ring (bicyclic) bond motifs is 1. The van der Waals surface area contributed by atoms with Crippen LogP contribution in [0.2, 0.25) is 0 Å². The number of carbonyl (C=O) groups is 3. The Balaban J connectivity index is 0.00000225. The van der Waals surface area contributed by atoms with Crippen LogP contribution in [-0.2, 0) is 14.4 Å². The van der Waals surface area contributed by atoms with Crippen LogP contribution in [0.25, 0.3) is 0 Å². The van der Waals surface area contributed by atoms with Gasteiger partial charge in [0.25, 0.3) is 0 Å². The Bertz CT molecular complexity index is 700. The number of nitrogens with zero attached hydrogens (tertiary/aromatic N) is 1. The zero-order valence-corrected chi connectivity index (χ0v) is 17.1. The largest absolute Gasteiger partial charge is 1.00 e. The zero-order valence-electron chi connectivity index (χ0n) is 14.3. The zero-order chi connectivity index (χ0) is 17.6. The maximum atomic E-state index is 12.3. The average molecular weight is 371 g/mol. The van der Waals surface area contributed by atoms with Gasteiger partial charge in [0.1, 0.15) is 17.5 Å². The van der Waals surface area contributed by atoms with E-state index in [1.165, 1.54) is 16.7 Å². The third kappa shape index (κ3) is 3.46. The van der Waals surface area contributed by atoms with Crippen molar-refractivity contribution in [1.29, 1.82) is 0 Å². The molecule has 1 aromatic rings. The molecule has 2 amide bonds. The van der Waals surface area contributed by atoms with Gasteiger partial charge in [0.05, 0.1) is 12.0 Å². The summed E-state index contributed by atoms with van der Waals surface area (Å²) in [6.45, 7) is 3.50. The van der Waals surface area contributed by atoms with Crippen molar-refractivity contribution in [2.75, 3.05) is 0 Å². The first-order chi connectivity index (χ1) is 11.2. The molecule has 4 atom stereocenters. The van der Waals surface area contributed by atoms with Gasteiger partial charge >= 0.3 is 29.6 Å². The van der Waals surface area contributed by atoms with Gasteiger partial charge < -0.3 is 25.9 Å². The van der Waals surface area contributed by atoms with Gasteiger partial charge in [-0.25, -0.2) is 0 Å². The molecule has 25 heavy (non-hydrogen) atoms. The van der Waals surface area contributed by atoms with Crippen LogP contribution in [0.3, 0.4) is 0 Å². The summed E-state index contributed by atoms with van der Waals surface area (Å²) in [6, 6.07) is 6.19. The molecule has 128 valence electrons. The second kappa shape index (κ2) is 7.28. The maximum Gasteiger partial charge on any atom is 1.00 e. The van der Waals surface area contributed by atoms with Gasteiger partial charge in [-0.2, -0.15) is 0 Å². The van der Waals surface area contributed by atoms with Crippen molar-refractivity contribution < 1.29 is 49.0 Å². The van der Waals surface area contributed by atoms with E-state index in [0.717, 1.165) is 0 Å². The molecule has 7 nitrogen and oxygen atoms in total. The number of nitrogens with one attached hydrogen (secondary N) is 1. The van der Waals surface area contributed by atoms with E-state index < -0.39 is 46.0 Å². The summed E-state index contributed by atoms with van der Waals surface area (Å²) in [4.78, 5) is 37.2. The van der Waals surface area contributed by atoms with E-state index in [4.69, 9.17) is 5.73 Å². The number of amides is 2. The van der Waals surface area contributed by atoms with Crippen LogP contribution >= 0.6 is 11.8 Å². The summed E-state index contributed by atoms with van der Waals surface area (Å²) in [5.74, 6) is -2.16. The molecule has 2 fully saturated rings. The number of carboxylic acids is 1. The molecular weight excluding hydrogens is 353 g/mol. The average Bonchev–Trinajstić information content (AvgIpc) is 2.80. The van der Waals surface area contributed by atoms with Crippen molar-refractivity contribution in [2.24, 2.45) is 5.73 Å². The number of rotatable bonds is 4. The van der Waals surface area contributed by atoms with E-state index in [2.05, 4.69) is 5.32 Å². The Morgan fingerprint density at radius 2 is 1.92 bits per heavy atom. The molecule has 3 unspecified atom stereocenters. The molecule has 0 aromatic heterocycles. The molecule has 1 aromatic carbocycles. The van der Waals surface area contributed by atoms with Gasteiger partial charge in [0.15, 0.2) is 0 Å². The fourth-order valence-electron chi connectivity index (χ4n) is 3.18. The van der Waals surface area contributed by atoms with Gasteiger partial charge in [0.2, 0.25) is 11.8 Å². The minimum atomic E-state index is -1.28. The van der Waals surface area contributed by atoms with Crippen LogP contribution < -0.4 is 45.7 Å². The Labute approximate surface area is 172 Å². The van der Waals surface area contributed by atoms with Crippen LogP contribution in [0.4, 0.5) is 0 Å². The monoisotopic (exact) mass is 371 g/mol. The van der Waals surface area contributed by atoms with Crippen LogP contribution in [-0.4, -0.2) is 44.9 Å². The van der Waals surface area contributed by atoms with Crippen LogP contribution in [0.5, 0.6) is 0 Å². The molecule has 2 heterocycles. The maximum absolute atomic E-state index is 12.3. The number of hydrogen-bond acceptors (Lipinski definition) is 6. The molecule has 0 radical (unpaired) electrons. The molecule has 0 aliphatic carbocycles. The van der Waals surface area contributed by atoms with E-state index in [0.29, 0.717) is 5.56 Å². The van der Waals surface area contributed by atoms with Crippen LogP contribution in [0.15, 0.2) is 30.3 Å². The Kier molecular flexibility index (Phi) is 5.90. The molecule has 0 saturated carbocycles. The van der Waals surface area contributed by atoms with Gasteiger partial charge in [-0.05, 0) is 19.4 Å². The first kappa shape index (κ1) is 20.3. The molecule has 0 bridgehead atoms. The topological polar surface area (TPSA) is 116 Å². The number of nitrogens with two attached hydrogens (primary N) is 1. The van der Waals surface area contributed by atoms with Crippen molar-refractivity contribution in [3.8, 4) is 0 Å². The minimum absolute atomic E-state index is 0. The predicted octanol–water partition coefficient (Wildman–Crippen LogP) is -4.01. The molecule has 3 rings (SSSR count). The number of hydrogen-bond donors (Lipinski definition) is 2. The molecule has 3 N–H and O–H groups in total. The van der Waals surface area contributed by atoms with Crippen molar-refractivity contribution in [3.63, 3.8) is 0 Å². The van der Waals surface area contributed by atoms with Crippen molar-refractivity contribution in [2.45, 2.75) is 42.1 Å². The number of carboxylic acid groups (broad SMARTS) is 1. The summed E-state index contributed by atoms with van der Waals surface area (Å²) in [7, 11) is 0. The van der Waals surface area contributed by atoms with Gasteiger partial charge in [0, 0.05) is 4.75 Å². The molecule has 2 aliphatic rings. The standard InChI is InChI=1S/C16H19N3O4S.Na/c1-16(2)11(15(22)23)19-13(21)10(14(19)24-16)18-12(20)9(17)8-6-4-3-5-7-8;/h3-7,9-11,14H,17H2,1-2H3,(H,18,20)(H,22,23);/q;+1/p-1/t9?,10-,11?,14?;/m0./s1. The number of β-lactam (4-membered cyclic amide) rings is 1. The Morgan fingerprint density at radius 3 is 2.48 bits per heavy atom. The second-order valence-corrected chi connectivity index (χ2v) is 8.22. The fraction of sp³-hybridized carbons (Fsp3) is 0.438. The third-order valence-electron chi connectivity index (χ3n) is 4.40. The first-order valence-electron chi connectivity index (χ1n) is 7.56. The van der Waals surface area contributed by atoms with E-state index >= 15 is 0 Å². The summed E-state index contributed by atoms with van der Waals surface area (Å²) < 4.78 is -0.680.